The van der Waals surface area contributed by atoms with Crippen molar-refractivity contribution in [1.29, 1.82) is 0 Å². The summed E-state index contributed by atoms with van der Waals surface area (Å²) in [5.41, 5.74) is 1.37. The number of hydrogen-bond acceptors (Lipinski definition) is 7. The molecule has 0 amide bonds. The van der Waals surface area contributed by atoms with Crippen LogP contribution in [0.5, 0.6) is 0 Å². The van der Waals surface area contributed by atoms with Gasteiger partial charge in [0.05, 0.1) is 26.7 Å². The summed E-state index contributed by atoms with van der Waals surface area (Å²) >= 11 is 0. The summed E-state index contributed by atoms with van der Waals surface area (Å²) < 4.78 is 9.82. The van der Waals surface area contributed by atoms with E-state index in [9.17, 15) is 9.59 Å². The van der Waals surface area contributed by atoms with Gasteiger partial charge in [-0.1, -0.05) is 5.16 Å². The van der Waals surface area contributed by atoms with Crippen LogP contribution >= 0.6 is 0 Å². The number of nitrogens with zero attached hydrogens (tertiary/aromatic N) is 2. The second-order valence-corrected chi connectivity index (χ2v) is 5.10. The number of ether oxygens (including phenoxy) is 2. The Morgan fingerprint density at radius 1 is 1.22 bits per heavy atom. The maximum absolute atomic E-state index is 12.3. The molecule has 7 heteroatoms. The minimum Gasteiger partial charge on any atom is -0.469 e. The molecule has 1 saturated heterocycles. The lowest BCUT2D eigenvalue weighted by Gasteiger charge is -2.28. The number of methoxy groups -OCH3 is 1. The van der Waals surface area contributed by atoms with Crippen molar-refractivity contribution >= 4 is 23.2 Å². The van der Waals surface area contributed by atoms with Crippen LogP contribution in [0.3, 0.4) is 0 Å². The number of rotatable bonds is 6. The van der Waals surface area contributed by atoms with E-state index in [1.165, 1.54) is 7.11 Å². The van der Waals surface area contributed by atoms with Crippen molar-refractivity contribution in [2.45, 2.75) is 12.8 Å². The first-order chi connectivity index (χ1) is 11.2. The largest absolute Gasteiger partial charge is 0.469 e. The van der Waals surface area contributed by atoms with E-state index in [0.29, 0.717) is 18.8 Å². The Hall–Kier alpha value is -2.41. The number of esters is 1. The molecule has 0 spiro atoms. The molecule has 0 atom stereocenters. The average molecular weight is 320 g/mol. The third kappa shape index (κ3) is 4.53. The minimum atomic E-state index is -0.457. The second-order valence-electron chi connectivity index (χ2n) is 5.10. The Labute approximate surface area is 134 Å². The van der Waals surface area contributed by atoms with E-state index in [2.05, 4.69) is 14.8 Å². The number of benzene rings is 1. The molecule has 0 saturated carbocycles. The van der Waals surface area contributed by atoms with Gasteiger partial charge in [-0.2, -0.15) is 0 Å². The first-order valence-electron chi connectivity index (χ1n) is 7.41. The van der Waals surface area contributed by atoms with Gasteiger partial charge in [0.25, 0.3) is 0 Å². The molecule has 0 aromatic heterocycles. The van der Waals surface area contributed by atoms with Gasteiger partial charge in [-0.15, -0.1) is 0 Å². The first-order valence-corrected chi connectivity index (χ1v) is 7.41. The molecular formula is C16H20N2O5. The number of carbonyl (C=O) groups is 2. The minimum absolute atomic E-state index is 0.00645. The average Bonchev–Trinajstić information content (AvgIpc) is 2.62. The lowest BCUT2D eigenvalue weighted by Crippen LogP contribution is -2.36. The van der Waals surface area contributed by atoms with Crippen molar-refractivity contribution < 1.29 is 24.3 Å². The Morgan fingerprint density at radius 2 is 1.87 bits per heavy atom. The zero-order valence-corrected chi connectivity index (χ0v) is 13.0. The number of morpholine rings is 1. The van der Waals surface area contributed by atoms with Gasteiger partial charge in [0.2, 0.25) is 5.78 Å². The van der Waals surface area contributed by atoms with Crippen LogP contribution in [0, 0.1) is 0 Å². The topological polar surface area (TPSA) is 88.4 Å². The number of oxime groups is 1. The highest BCUT2D eigenvalue weighted by Crippen LogP contribution is 2.17. The summed E-state index contributed by atoms with van der Waals surface area (Å²) in [6.07, 6.45) is 0.0285. The molecule has 23 heavy (non-hydrogen) atoms. The van der Waals surface area contributed by atoms with E-state index in [-0.39, 0.29) is 18.6 Å². The van der Waals surface area contributed by atoms with E-state index < -0.39 is 11.8 Å². The molecule has 0 radical (unpaired) electrons. The van der Waals surface area contributed by atoms with Gasteiger partial charge in [0, 0.05) is 30.8 Å². The summed E-state index contributed by atoms with van der Waals surface area (Å²) in [6, 6.07) is 7.09. The Kier molecular flexibility index (Phi) is 6.10. The van der Waals surface area contributed by atoms with E-state index >= 15 is 0 Å². The van der Waals surface area contributed by atoms with Crippen molar-refractivity contribution in [3.8, 4) is 0 Å². The molecule has 1 fully saturated rings. The highest BCUT2D eigenvalue weighted by Gasteiger charge is 2.17. The van der Waals surface area contributed by atoms with E-state index in [1.54, 1.807) is 12.1 Å². The van der Waals surface area contributed by atoms with Gasteiger partial charge in [0.15, 0.2) is 0 Å². The fraction of sp³-hybridized carbons (Fsp3) is 0.438. The SMILES string of the molecule is COC(=O)CC/C(=N\O)C(=O)c1ccc(N2CCOCC2)cc1. The third-order valence-corrected chi connectivity index (χ3v) is 3.68. The summed E-state index contributed by atoms with van der Waals surface area (Å²) in [7, 11) is 1.27. The van der Waals surface area contributed by atoms with Crippen molar-refractivity contribution in [3.05, 3.63) is 29.8 Å². The third-order valence-electron chi connectivity index (χ3n) is 3.68. The highest BCUT2D eigenvalue weighted by atomic mass is 16.5. The molecule has 124 valence electrons. The molecular weight excluding hydrogens is 300 g/mol. The van der Waals surface area contributed by atoms with E-state index in [1.807, 2.05) is 12.1 Å². The van der Waals surface area contributed by atoms with E-state index in [4.69, 9.17) is 9.94 Å². The van der Waals surface area contributed by atoms with Gasteiger partial charge in [0.1, 0.15) is 5.71 Å². The number of ketones is 1. The molecule has 1 aliphatic rings. The van der Waals surface area contributed by atoms with Gasteiger partial charge < -0.3 is 19.6 Å². The predicted molar refractivity (Wildman–Crippen MR) is 84.3 cm³/mol. The van der Waals surface area contributed by atoms with Gasteiger partial charge in [-0.3, -0.25) is 9.59 Å². The molecule has 1 aliphatic heterocycles. The molecule has 2 rings (SSSR count). The smallest absolute Gasteiger partial charge is 0.305 e. The zero-order chi connectivity index (χ0) is 16.7. The van der Waals surface area contributed by atoms with Crippen molar-refractivity contribution in [3.63, 3.8) is 0 Å². The first kappa shape index (κ1) is 17.0. The van der Waals surface area contributed by atoms with Crippen LogP contribution in [0.4, 0.5) is 5.69 Å². The van der Waals surface area contributed by atoms with Gasteiger partial charge in [-0.05, 0) is 24.3 Å². The van der Waals surface area contributed by atoms with Crippen LogP contribution in [-0.4, -0.2) is 56.1 Å². The second kappa shape index (κ2) is 8.28. The molecule has 1 N–H and O–H groups in total. The molecule has 0 unspecified atom stereocenters. The quantitative estimate of drug-likeness (QED) is 0.281. The van der Waals surface area contributed by atoms with Crippen LogP contribution < -0.4 is 4.90 Å². The number of Topliss-reactive ketones (excluding diaryl/α,β-unsaturated/α-hetero) is 1. The Morgan fingerprint density at radius 3 is 2.43 bits per heavy atom. The Balaban J connectivity index is 2.02. The van der Waals surface area contributed by atoms with Crippen LogP contribution in [0.1, 0.15) is 23.2 Å². The monoisotopic (exact) mass is 320 g/mol. The Bertz CT molecular complexity index is 577. The van der Waals surface area contributed by atoms with Crippen LogP contribution in [0.2, 0.25) is 0 Å². The van der Waals surface area contributed by atoms with Crippen molar-refractivity contribution in [2.24, 2.45) is 5.16 Å². The van der Waals surface area contributed by atoms with E-state index in [0.717, 1.165) is 18.8 Å². The maximum Gasteiger partial charge on any atom is 0.305 e. The van der Waals surface area contributed by atoms with Crippen molar-refractivity contribution in [1.82, 2.24) is 0 Å². The number of anilines is 1. The molecule has 0 bridgehead atoms. The van der Waals surface area contributed by atoms with Crippen LogP contribution in [0.25, 0.3) is 0 Å². The lowest BCUT2D eigenvalue weighted by atomic mass is 10.0. The van der Waals surface area contributed by atoms with Crippen molar-refractivity contribution in [2.75, 3.05) is 38.3 Å². The molecule has 1 aromatic rings. The molecule has 0 aliphatic carbocycles. The summed E-state index contributed by atoms with van der Waals surface area (Å²) in [6.45, 7) is 3.01. The van der Waals surface area contributed by atoms with Crippen LogP contribution in [-0.2, 0) is 14.3 Å². The predicted octanol–water partition coefficient (Wildman–Crippen LogP) is 1.49. The molecule has 7 nitrogen and oxygen atoms in total. The molecule has 1 aromatic carbocycles. The highest BCUT2D eigenvalue weighted by molar-refractivity contribution is 6.46. The van der Waals surface area contributed by atoms with Gasteiger partial charge >= 0.3 is 5.97 Å². The normalized spacial score (nSPS) is 15.3. The van der Waals surface area contributed by atoms with Crippen LogP contribution in [0.15, 0.2) is 29.4 Å². The standard InChI is InChI=1S/C16H20N2O5/c1-22-15(19)7-6-14(17-21)16(20)12-2-4-13(5-3-12)18-8-10-23-11-9-18/h2-5,21H,6-11H2,1H3/b17-14+. The fourth-order valence-corrected chi connectivity index (χ4v) is 2.34. The lowest BCUT2D eigenvalue weighted by molar-refractivity contribution is -0.140. The fourth-order valence-electron chi connectivity index (χ4n) is 2.34. The van der Waals surface area contributed by atoms with Gasteiger partial charge in [-0.25, -0.2) is 0 Å². The molecule has 1 heterocycles. The zero-order valence-electron chi connectivity index (χ0n) is 13.0. The number of hydrogen-bond donors (Lipinski definition) is 1. The summed E-state index contributed by atoms with van der Waals surface area (Å²) in [5.74, 6) is -0.855. The summed E-state index contributed by atoms with van der Waals surface area (Å²) in [5, 5.41) is 12.0. The summed E-state index contributed by atoms with van der Waals surface area (Å²) in [4.78, 5) is 25.6. The number of carbonyl (C=O) groups excluding carboxylic acids is 2. The maximum atomic E-state index is 12.3.